The van der Waals surface area contributed by atoms with E-state index in [4.69, 9.17) is 10.3 Å². The van der Waals surface area contributed by atoms with Crippen LogP contribution in [0.4, 0.5) is 8.78 Å². The van der Waals surface area contributed by atoms with E-state index in [1.165, 1.54) is 24.3 Å². The lowest BCUT2D eigenvalue weighted by molar-refractivity contribution is 0.0148. The number of carbonyl (C=O) groups excluding carboxylic acids is 1. The minimum absolute atomic E-state index is 0.251. The quantitative estimate of drug-likeness (QED) is 0.273. The van der Waals surface area contributed by atoms with Gasteiger partial charge >= 0.3 is 6.05 Å². The van der Waals surface area contributed by atoms with Crippen LogP contribution in [0, 0.1) is 0 Å². The summed E-state index contributed by atoms with van der Waals surface area (Å²) in [4.78, 5) is 13.3. The van der Waals surface area contributed by atoms with E-state index >= 15 is 0 Å². The van der Waals surface area contributed by atoms with Crippen molar-refractivity contribution in [1.29, 1.82) is 0 Å². The number of nitrogens with zero attached hydrogens (tertiary/aromatic N) is 3. The van der Waals surface area contributed by atoms with Crippen LogP contribution in [0.2, 0.25) is 0 Å². The highest BCUT2D eigenvalue weighted by molar-refractivity contribution is 6.01. The lowest BCUT2D eigenvalue weighted by Gasteiger charge is -2.21. The molecule has 0 radical (unpaired) electrons. The van der Waals surface area contributed by atoms with Crippen molar-refractivity contribution in [3.63, 3.8) is 0 Å². The maximum atomic E-state index is 13.1. The molecule has 0 saturated heterocycles. The molecule has 0 heterocycles. The highest BCUT2D eigenvalue weighted by Gasteiger charge is 2.38. The Labute approximate surface area is 108 Å². The molecule has 19 heavy (non-hydrogen) atoms. The molecule has 0 spiro atoms. The van der Waals surface area contributed by atoms with Crippen molar-refractivity contribution in [2.75, 3.05) is 0 Å². The van der Waals surface area contributed by atoms with Gasteiger partial charge in [-0.1, -0.05) is 0 Å². The number of carbonyl (C=O) groups is 1. The number of halogens is 2. The molecule has 1 aromatic carbocycles. The Morgan fingerprint density at radius 2 is 1.79 bits per heavy atom. The van der Waals surface area contributed by atoms with Crippen LogP contribution in [-0.4, -0.2) is 17.4 Å². The summed E-state index contributed by atoms with van der Waals surface area (Å²) in [5.74, 6) is -1.09. The number of ether oxygens (including phenoxy) is 1. The molecular weight excluding hydrogens is 256 g/mol. The fraction of sp³-hybridized carbons (Fsp3) is 0.417. The third kappa shape index (κ3) is 4.22. The summed E-state index contributed by atoms with van der Waals surface area (Å²) in [5, 5.41) is 2.18. The van der Waals surface area contributed by atoms with E-state index in [0.717, 1.165) is 0 Å². The molecule has 0 bridgehead atoms. The van der Waals surface area contributed by atoms with Crippen LogP contribution in [0.25, 0.3) is 10.4 Å². The normalized spacial score (nSPS) is 11.6. The molecule has 0 aromatic heterocycles. The molecule has 0 aliphatic carbocycles. The van der Waals surface area contributed by atoms with Crippen molar-refractivity contribution in [3.05, 3.63) is 40.3 Å². The number of ketones is 1. The Hall–Kier alpha value is -2.14. The van der Waals surface area contributed by atoms with Crippen LogP contribution >= 0.6 is 0 Å². The van der Waals surface area contributed by atoms with E-state index in [1.54, 1.807) is 0 Å². The molecule has 0 fully saturated rings. The summed E-state index contributed by atoms with van der Waals surface area (Å²) in [7, 11) is 0. The first-order valence-electron chi connectivity index (χ1n) is 5.44. The number of azide groups is 1. The number of hydrogen-bond acceptors (Lipinski definition) is 3. The third-order valence-electron chi connectivity index (χ3n) is 1.98. The summed E-state index contributed by atoms with van der Waals surface area (Å²) in [6.45, 7) is 5.51. The van der Waals surface area contributed by atoms with Gasteiger partial charge < -0.3 is 4.74 Å². The Morgan fingerprint density at radius 3 is 2.21 bits per heavy atom. The molecular formula is C12H13F2N3O2. The van der Waals surface area contributed by atoms with Gasteiger partial charge in [0.1, 0.15) is 11.4 Å². The van der Waals surface area contributed by atoms with Gasteiger partial charge in [0.25, 0.3) is 0 Å². The zero-order valence-electron chi connectivity index (χ0n) is 10.7. The van der Waals surface area contributed by atoms with Crippen LogP contribution in [0.3, 0.4) is 0 Å². The molecule has 0 aliphatic rings. The number of hydrogen-bond donors (Lipinski definition) is 0. The molecule has 1 rings (SSSR count). The van der Waals surface area contributed by atoms with Crippen LogP contribution in [0.15, 0.2) is 29.4 Å². The molecule has 0 amide bonds. The van der Waals surface area contributed by atoms with Crippen LogP contribution < -0.4 is 4.74 Å². The Balaban J connectivity index is 2.94. The number of Topliss-reactive ketones (excluding diaryl/α,β-unsaturated/α-hetero) is 1. The largest absolute Gasteiger partial charge is 0.488 e. The first-order valence-corrected chi connectivity index (χ1v) is 5.44. The summed E-state index contributed by atoms with van der Waals surface area (Å²) in [6.07, 6.45) is 0. The molecule has 0 aliphatic heterocycles. The average Bonchev–Trinajstić information content (AvgIpc) is 2.27. The maximum absolute atomic E-state index is 13.1. The molecule has 5 nitrogen and oxygen atoms in total. The van der Waals surface area contributed by atoms with Gasteiger partial charge in [0.05, 0.1) is 0 Å². The van der Waals surface area contributed by atoms with Crippen molar-refractivity contribution in [2.45, 2.75) is 32.4 Å². The first kappa shape index (κ1) is 14.9. The summed E-state index contributed by atoms with van der Waals surface area (Å²) >= 11 is 0. The summed E-state index contributed by atoms with van der Waals surface area (Å²) < 4.78 is 31.6. The van der Waals surface area contributed by atoms with E-state index in [9.17, 15) is 13.6 Å². The highest BCUT2D eigenvalue weighted by atomic mass is 19.3. The monoisotopic (exact) mass is 269 g/mol. The van der Waals surface area contributed by atoms with Gasteiger partial charge in [-0.05, 0) is 55.7 Å². The second-order valence-electron chi connectivity index (χ2n) is 4.80. The summed E-state index contributed by atoms with van der Waals surface area (Å²) in [6, 6.07) is 1.13. The van der Waals surface area contributed by atoms with Gasteiger partial charge in [-0.25, -0.2) is 0 Å². The smallest absolute Gasteiger partial charge is 0.387 e. The van der Waals surface area contributed by atoms with Crippen molar-refractivity contribution < 1.29 is 18.3 Å². The first-order chi connectivity index (χ1) is 8.65. The molecule has 0 N–H and O–H groups in total. The van der Waals surface area contributed by atoms with E-state index in [2.05, 4.69) is 5.11 Å². The SMILES string of the molecule is CC(C)(C)Oc1ccc(C(=O)C(F)(F)N=[N+]=[N-])cc1. The fourth-order valence-corrected chi connectivity index (χ4v) is 1.30. The Morgan fingerprint density at radius 1 is 1.26 bits per heavy atom. The van der Waals surface area contributed by atoms with Gasteiger partial charge in [-0.15, -0.1) is 0 Å². The van der Waals surface area contributed by atoms with E-state index in [-0.39, 0.29) is 5.56 Å². The molecule has 7 heteroatoms. The minimum atomic E-state index is -4.08. The van der Waals surface area contributed by atoms with E-state index in [1.807, 2.05) is 25.7 Å². The van der Waals surface area contributed by atoms with Crippen LogP contribution in [-0.2, 0) is 0 Å². The predicted molar refractivity (Wildman–Crippen MR) is 65.2 cm³/mol. The standard InChI is InChI=1S/C12H13F2N3O2/c1-11(2,3)19-9-6-4-8(5-7-9)10(18)12(13,14)16-17-15/h4-7H,1-3H3. The number of benzene rings is 1. The maximum Gasteiger partial charge on any atom is 0.387 e. The Kier molecular flexibility index (Phi) is 4.11. The lowest BCUT2D eigenvalue weighted by atomic mass is 10.1. The average molecular weight is 269 g/mol. The van der Waals surface area contributed by atoms with Crippen molar-refractivity contribution in [2.24, 2.45) is 5.11 Å². The van der Waals surface area contributed by atoms with Gasteiger partial charge in [0.2, 0.25) is 5.78 Å². The number of alkyl halides is 2. The molecule has 102 valence electrons. The summed E-state index contributed by atoms with van der Waals surface area (Å²) in [5.41, 5.74) is 7.29. The van der Waals surface area contributed by atoms with E-state index in [0.29, 0.717) is 5.75 Å². The molecule has 0 atom stereocenters. The van der Waals surface area contributed by atoms with Gasteiger partial charge in [0, 0.05) is 10.5 Å². The zero-order valence-corrected chi connectivity index (χ0v) is 10.7. The molecule has 0 saturated carbocycles. The van der Waals surface area contributed by atoms with Crippen LogP contribution in [0.5, 0.6) is 5.75 Å². The Bertz CT molecular complexity index is 515. The van der Waals surface area contributed by atoms with Crippen LogP contribution in [0.1, 0.15) is 31.1 Å². The second-order valence-corrected chi connectivity index (χ2v) is 4.80. The minimum Gasteiger partial charge on any atom is -0.488 e. The second kappa shape index (κ2) is 5.24. The number of rotatable bonds is 4. The fourth-order valence-electron chi connectivity index (χ4n) is 1.30. The van der Waals surface area contributed by atoms with Crippen molar-refractivity contribution in [1.82, 2.24) is 0 Å². The topological polar surface area (TPSA) is 75.1 Å². The highest BCUT2D eigenvalue weighted by Crippen LogP contribution is 2.24. The molecule has 0 unspecified atom stereocenters. The molecule has 1 aromatic rings. The third-order valence-corrected chi connectivity index (χ3v) is 1.98. The lowest BCUT2D eigenvalue weighted by Crippen LogP contribution is -2.25. The van der Waals surface area contributed by atoms with Crippen molar-refractivity contribution in [3.8, 4) is 5.75 Å². The van der Waals surface area contributed by atoms with Gasteiger partial charge in [-0.2, -0.15) is 8.78 Å². The van der Waals surface area contributed by atoms with Gasteiger partial charge in [0.15, 0.2) is 0 Å². The zero-order chi connectivity index (χ0) is 14.7. The predicted octanol–water partition coefficient (Wildman–Crippen LogP) is 3.95. The van der Waals surface area contributed by atoms with Crippen molar-refractivity contribution >= 4 is 5.78 Å². The van der Waals surface area contributed by atoms with Gasteiger partial charge in [-0.3, -0.25) is 4.79 Å². The van der Waals surface area contributed by atoms with E-state index < -0.39 is 17.4 Å².